The number of rotatable bonds is 8. The highest BCUT2D eigenvalue weighted by atomic mass is 16.5. The maximum atomic E-state index is 6.18. The lowest BCUT2D eigenvalue weighted by Gasteiger charge is -2.24. The van der Waals surface area contributed by atoms with Gasteiger partial charge in [-0.2, -0.15) is 0 Å². The molecule has 1 aromatic rings. The minimum atomic E-state index is 0.0347. The third kappa shape index (κ3) is 4.79. The van der Waals surface area contributed by atoms with Crippen LogP contribution in [0.4, 0.5) is 0 Å². The zero-order valence-corrected chi connectivity index (χ0v) is 12.0. The number of hydrogen-bond acceptors (Lipinski definition) is 2. The fourth-order valence-electron chi connectivity index (χ4n) is 2.00. The predicted octanol–water partition coefficient (Wildman–Crippen LogP) is 3.98. The Kier molecular flexibility index (Phi) is 6.99. The van der Waals surface area contributed by atoms with Crippen molar-refractivity contribution in [3.63, 3.8) is 0 Å². The highest BCUT2D eigenvalue weighted by molar-refractivity contribution is 5.24. The van der Waals surface area contributed by atoms with Gasteiger partial charge in [0, 0.05) is 12.6 Å². The summed E-state index contributed by atoms with van der Waals surface area (Å²) in [6.45, 7) is 7.22. The molecule has 0 aliphatic carbocycles. The zero-order valence-electron chi connectivity index (χ0n) is 12.0. The minimum Gasteiger partial charge on any atom is -0.372 e. The van der Waals surface area contributed by atoms with E-state index in [1.807, 2.05) is 0 Å². The number of aryl methyl sites for hydroxylation is 1. The molecule has 0 amide bonds. The van der Waals surface area contributed by atoms with E-state index >= 15 is 0 Å². The summed E-state index contributed by atoms with van der Waals surface area (Å²) in [5, 5.41) is 0. The molecule has 2 nitrogen and oxygen atoms in total. The molecular formula is C16H27NO. The van der Waals surface area contributed by atoms with Crippen LogP contribution in [0.2, 0.25) is 0 Å². The van der Waals surface area contributed by atoms with Crippen molar-refractivity contribution in [2.75, 3.05) is 6.61 Å². The van der Waals surface area contributed by atoms with Crippen molar-refractivity contribution in [3.05, 3.63) is 35.4 Å². The molecule has 2 atom stereocenters. The van der Waals surface area contributed by atoms with Gasteiger partial charge in [0.05, 0.1) is 6.10 Å². The number of ether oxygens (including phenoxy) is 1. The molecule has 1 aromatic carbocycles. The minimum absolute atomic E-state index is 0.0347. The van der Waals surface area contributed by atoms with Crippen LogP contribution in [0.15, 0.2) is 24.3 Å². The molecule has 0 heterocycles. The lowest BCUT2D eigenvalue weighted by atomic mass is 10.00. The summed E-state index contributed by atoms with van der Waals surface area (Å²) < 4.78 is 6.00. The van der Waals surface area contributed by atoms with Crippen LogP contribution >= 0.6 is 0 Å². The first-order valence-corrected chi connectivity index (χ1v) is 7.12. The van der Waals surface area contributed by atoms with Gasteiger partial charge in [0.25, 0.3) is 0 Å². The van der Waals surface area contributed by atoms with Crippen molar-refractivity contribution in [3.8, 4) is 0 Å². The first-order chi connectivity index (χ1) is 8.69. The Morgan fingerprint density at radius 3 is 2.33 bits per heavy atom. The number of nitrogens with two attached hydrogens (primary N) is 1. The predicted molar refractivity (Wildman–Crippen MR) is 77.7 cm³/mol. The molecule has 2 unspecified atom stereocenters. The van der Waals surface area contributed by atoms with Crippen LogP contribution < -0.4 is 5.73 Å². The summed E-state index contributed by atoms with van der Waals surface area (Å²) in [6, 6.07) is 8.60. The first-order valence-electron chi connectivity index (χ1n) is 7.12. The highest BCUT2D eigenvalue weighted by Crippen LogP contribution is 2.23. The molecular weight excluding hydrogens is 222 g/mol. The monoisotopic (exact) mass is 249 g/mol. The maximum absolute atomic E-state index is 6.18. The maximum Gasteiger partial charge on any atom is 0.0975 e. The summed E-state index contributed by atoms with van der Waals surface area (Å²) in [7, 11) is 0. The fraction of sp³-hybridized carbons (Fsp3) is 0.625. The van der Waals surface area contributed by atoms with E-state index in [1.54, 1.807) is 0 Å². The van der Waals surface area contributed by atoms with E-state index in [0.717, 1.165) is 19.4 Å². The van der Waals surface area contributed by atoms with Crippen molar-refractivity contribution in [2.24, 2.45) is 5.73 Å². The van der Waals surface area contributed by atoms with Gasteiger partial charge in [0.15, 0.2) is 0 Å². The summed E-state index contributed by atoms with van der Waals surface area (Å²) in [5.41, 5.74) is 8.65. The van der Waals surface area contributed by atoms with Gasteiger partial charge in [0.2, 0.25) is 0 Å². The third-order valence-corrected chi connectivity index (χ3v) is 3.31. The van der Waals surface area contributed by atoms with Gasteiger partial charge < -0.3 is 10.5 Å². The average molecular weight is 249 g/mol. The van der Waals surface area contributed by atoms with Crippen molar-refractivity contribution in [2.45, 2.75) is 58.6 Å². The SMILES string of the molecule is CCCCCOC(c1ccc(C)cc1)C(N)CC. The molecule has 0 aliphatic rings. The molecule has 0 fully saturated rings. The van der Waals surface area contributed by atoms with E-state index in [2.05, 4.69) is 45.0 Å². The molecule has 102 valence electrons. The molecule has 0 saturated carbocycles. The average Bonchev–Trinajstić information content (AvgIpc) is 2.39. The van der Waals surface area contributed by atoms with Crippen LogP contribution in [-0.4, -0.2) is 12.6 Å². The standard InChI is InChI=1S/C16H27NO/c1-4-6-7-12-18-16(15(17)5-2)14-10-8-13(3)9-11-14/h8-11,15-16H,4-7,12,17H2,1-3H3. The van der Waals surface area contributed by atoms with Crippen LogP contribution in [-0.2, 0) is 4.74 Å². The molecule has 2 N–H and O–H groups in total. The smallest absolute Gasteiger partial charge is 0.0975 e. The second-order valence-corrected chi connectivity index (χ2v) is 4.98. The first kappa shape index (κ1) is 15.2. The highest BCUT2D eigenvalue weighted by Gasteiger charge is 2.18. The zero-order chi connectivity index (χ0) is 13.4. The topological polar surface area (TPSA) is 35.2 Å². The normalized spacial score (nSPS) is 14.4. The largest absolute Gasteiger partial charge is 0.372 e. The van der Waals surface area contributed by atoms with E-state index in [1.165, 1.54) is 24.0 Å². The van der Waals surface area contributed by atoms with Gasteiger partial charge in [0.1, 0.15) is 0 Å². The fourth-order valence-corrected chi connectivity index (χ4v) is 2.00. The van der Waals surface area contributed by atoms with Gasteiger partial charge in [-0.3, -0.25) is 0 Å². The van der Waals surface area contributed by atoms with E-state index < -0.39 is 0 Å². The number of hydrogen-bond donors (Lipinski definition) is 1. The van der Waals surface area contributed by atoms with E-state index in [-0.39, 0.29) is 12.1 Å². The van der Waals surface area contributed by atoms with Crippen LogP contribution in [0.25, 0.3) is 0 Å². The second kappa shape index (κ2) is 8.28. The Morgan fingerprint density at radius 2 is 1.78 bits per heavy atom. The molecule has 0 saturated heterocycles. The quantitative estimate of drug-likeness (QED) is 0.707. The molecule has 1 rings (SSSR count). The summed E-state index contributed by atoms with van der Waals surface area (Å²) >= 11 is 0. The molecule has 18 heavy (non-hydrogen) atoms. The number of unbranched alkanes of at least 4 members (excludes halogenated alkanes) is 2. The van der Waals surface area contributed by atoms with Crippen LogP contribution in [0.5, 0.6) is 0 Å². The van der Waals surface area contributed by atoms with Gasteiger partial charge in [-0.15, -0.1) is 0 Å². The lowest BCUT2D eigenvalue weighted by molar-refractivity contribution is 0.0312. The summed E-state index contributed by atoms with van der Waals surface area (Å²) in [5.74, 6) is 0. The third-order valence-electron chi connectivity index (χ3n) is 3.31. The van der Waals surface area contributed by atoms with Gasteiger partial charge in [-0.1, -0.05) is 56.5 Å². The Morgan fingerprint density at radius 1 is 1.11 bits per heavy atom. The molecule has 0 spiro atoms. The van der Waals surface area contributed by atoms with E-state index in [4.69, 9.17) is 10.5 Å². The van der Waals surface area contributed by atoms with Crippen molar-refractivity contribution in [1.29, 1.82) is 0 Å². The molecule has 0 bridgehead atoms. The number of benzene rings is 1. The lowest BCUT2D eigenvalue weighted by Crippen LogP contribution is -2.29. The summed E-state index contributed by atoms with van der Waals surface area (Å²) in [4.78, 5) is 0. The molecule has 0 radical (unpaired) electrons. The Hall–Kier alpha value is -0.860. The summed E-state index contributed by atoms with van der Waals surface area (Å²) in [6.07, 6.45) is 4.54. The van der Waals surface area contributed by atoms with E-state index in [9.17, 15) is 0 Å². The molecule has 0 aromatic heterocycles. The van der Waals surface area contributed by atoms with Gasteiger partial charge >= 0.3 is 0 Å². The van der Waals surface area contributed by atoms with Crippen molar-refractivity contribution >= 4 is 0 Å². The Bertz CT molecular complexity index is 320. The molecule has 2 heteroatoms. The van der Waals surface area contributed by atoms with Crippen LogP contribution in [0, 0.1) is 6.92 Å². The van der Waals surface area contributed by atoms with Crippen LogP contribution in [0.1, 0.15) is 56.8 Å². The van der Waals surface area contributed by atoms with Crippen molar-refractivity contribution < 1.29 is 4.74 Å². The van der Waals surface area contributed by atoms with Gasteiger partial charge in [-0.25, -0.2) is 0 Å². The Labute approximate surface area is 112 Å². The van der Waals surface area contributed by atoms with Crippen LogP contribution in [0.3, 0.4) is 0 Å². The second-order valence-electron chi connectivity index (χ2n) is 4.98. The van der Waals surface area contributed by atoms with Gasteiger partial charge in [-0.05, 0) is 25.3 Å². The van der Waals surface area contributed by atoms with Crippen molar-refractivity contribution in [1.82, 2.24) is 0 Å². The Balaban J connectivity index is 2.63. The van der Waals surface area contributed by atoms with E-state index in [0.29, 0.717) is 0 Å². The molecule has 0 aliphatic heterocycles.